The van der Waals surface area contributed by atoms with Crippen LogP contribution in [0.2, 0.25) is 0 Å². The van der Waals surface area contributed by atoms with Gasteiger partial charge in [0.1, 0.15) is 22.6 Å². The topological polar surface area (TPSA) is 99.9 Å². The summed E-state index contributed by atoms with van der Waals surface area (Å²) in [5, 5.41) is 0.660. The normalized spacial score (nSPS) is 11.6. The standard InChI is InChI=1S/C32H30O7/c1-3-5-8-21(4-2)20-37-32(36)30(34)23-13-17-26(18-14-23)38-25-15-11-22(12-16-25)29(33)27-19-24-9-6-7-10-28(24)39-31(27)35/h6-7,9-19,21H,3-5,8,20H2,1-2H3. The van der Waals surface area contributed by atoms with Crippen LogP contribution in [0.5, 0.6) is 11.5 Å². The molecule has 0 saturated carbocycles. The number of fused-ring (bicyclic) bond motifs is 1. The Bertz CT molecular complexity index is 1520. The summed E-state index contributed by atoms with van der Waals surface area (Å²) in [4.78, 5) is 49.9. The third-order valence-electron chi connectivity index (χ3n) is 6.53. The number of hydrogen-bond donors (Lipinski definition) is 0. The first-order valence-corrected chi connectivity index (χ1v) is 13.1. The number of carbonyl (C=O) groups excluding carboxylic acids is 3. The highest BCUT2D eigenvalue weighted by atomic mass is 16.5. The molecular weight excluding hydrogens is 496 g/mol. The molecule has 0 spiro atoms. The number of benzene rings is 3. The molecule has 7 heteroatoms. The quantitative estimate of drug-likeness (QED) is 0.0870. The minimum absolute atomic E-state index is 0.0488. The van der Waals surface area contributed by atoms with E-state index in [4.69, 9.17) is 13.9 Å². The van der Waals surface area contributed by atoms with Gasteiger partial charge in [-0.25, -0.2) is 9.59 Å². The van der Waals surface area contributed by atoms with Gasteiger partial charge in [-0.15, -0.1) is 0 Å². The fourth-order valence-electron chi connectivity index (χ4n) is 4.14. The molecule has 7 nitrogen and oxygen atoms in total. The highest BCUT2D eigenvalue weighted by Gasteiger charge is 2.20. The molecule has 1 unspecified atom stereocenters. The maximum absolute atomic E-state index is 12.9. The van der Waals surface area contributed by atoms with E-state index in [1.165, 1.54) is 18.2 Å². The van der Waals surface area contributed by atoms with Crippen molar-refractivity contribution in [1.29, 1.82) is 0 Å². The van der Waals surface area contributed by atoms with E-state index in [1.54, 1.807) is 60.7 Å². The molecule has 0 saturated heterocycles. The van der Waals surface area contributed by atoms with Crippen molar-refractivity contribution in [3.05, 3.63) is 106 Å². The molecule has 1 atom stereocenters. The van der Waals surface area contributed by atoms with Crippen molar-refractivity contribution in [3.8, 4) is 11.5 Å². The molecule has 1 heterocycles. The summed E-state index contributed by atoms with van der Waals surface area (Å²) in [6.45, 7) is 4.40. The summed E-state index contributed by atoms with van der Waals surface area (Å²) in [5.41, 5.74) is 0.194. The SMILES string of the molecule is CCCCC(CC)COC(=O)C(=O)c1ccc(Oc2ccc(C(=O)c3cc4ccccc4oc3=O)cc2)cc1. The van der Waals surface area contributed by atoms with Gasteiger partial charge in [-0.05, 0) is 73.0 Å². The lowest BCUT2D eigenvalue weighted by Crippen LogP contribution is -2.21. The Labute approximate surface area is 226 Å². The van der Waals surface area contributed by atoms with Crippen LogP contribution >= 0.6 is 0 Å². The smallest absolute Gasteiger partial charge is 0.379 e. The Balaban J connectivity index is 1.36. The molecular formula is C32H30O7. The Morgan fingerprint density at radius 2 is 1.49 bits per heavy atom. The Hall–Kier alpha value is -4.52. The van der Waals surface area contributed by atoms with Crippen LogP contribution in [0.25, 0.3) is 11.0 Å². The van der Waals surface area contributed by atoms with Gasteiger partial charge in [-0.2, -0.15) is 0 Å². The molecule has 0 amide bonds. The number of rotatable bonds is 12. The highest BCUT2D eigenvalue weighted by Crippen LogP contribution is 2.24. The molecule has 4 rings (SSSR count). The number of unbranched alkanes of at least 4 members (excludes halogenated alkanes) is 1. The van der Waals surface area contributed by atoms with Crippen LogP contribution in [0.15, 0.2) is 88.1 Å². The van der Waals surface area contributed by atoms with Gasteiger partial charge in [-0.3, -0.25) is 9.59 Å². The maximum atomic E-state index is 12.9. The predicted molar refractivity (Wildman–Crippen MR) is 147 cm³/mol. The van der Waals surface area contributed by atoms with Crippen LogP contribution in [0, 0.1) is 5.92 Å². The second-order valence-electron chi connectivity index (χ2n) is 9.31. The molecule has 4 aromatic rings. The van der Waals surface area contributed by atoms with Crippen molar-refractivity contribution in [2.24, 2.45) is 5.92 Å². The first-order chi connectivity index (χ1) is 18.9. The van der Waals surface area contributed by atoms with Gasteiger partial charge < -0.3 is 13.9 Å². The van der Waals surface area contributed by atoms with E-state index < -0.39 is 23.2 Å². The number of esters is 1. The average molecular weight is 527 g/mol. The van der Waals surface area contributed by atoms with Crippen LogP contribution in [0.1, 0.15) is 65.8 Å². The second-order valence-corrected chi connectivity index (χ2v) is 9.31. The van der Waals surface area contributed by atoms with Crippen molar-refractivity contribution in [3.63, 3.8) is 0 Å². The molecule has 0 N–H and O–H groups in total. The number of hydrogen-bond acceptors (Lipinski definition) is 7. The molecule has 0 bridgehead atoms. The predicted octanol–water partition coefficient (Wildman–Crippen LogP) is 6.76. The lowest BCUT2D eigenvalue weighted by molar-refractivity contribution is -0.139. The van der Waals surface area contributed by atoms with Crippen LogP contribution < -0.4 is 10.4 Å². The van der Waals surface area contributed by atoms with Crippen LogP contribution in [-0.4, -0.2) is 24.1 Å². The van der Waals surface area contributed by atoms with Gasteiger partial charge in [-0.1, -0.05) is 51.3 Å². The zero-order valence-corrected chi connectivity index (χ0v) is 22.0. The molecule has 3 aromatic carbocycles. The zero-order chi connectivity index (χ0) is 27.8. The van der Waals surface area contributed by atoms with E-state index in [9.17, 15) is 19.2 Å². The summed E-state index contributed by atoms with van der Waals surface area (Å²) in [6, 6.07) is 21.0. The fraction of sp³-hybridized carbons (Fsp3) is 0.250. The fourth-order valence-corrected chi connectivity index (χ4v) is 4.14. The molecule has 0 aliphatic heterocycles. The van der Waals surface area contributed by atoms with Crippen molar-refractivity contribution in [1.82, 2.24) is 0 Å². The molecule has 0 aliphatic carbocycles. The number of ketones is 2. The first-order valence-electron chi connectivity index (χ1n) is 13.1. The first kappa shape index (κ1) is 27.5. The maximum Gasteiger partial charge on any atom is 0.379 e. The lowest BCUT2D eigenvalue weighted by atomic mass is 10.0. The van der Waals surface area contributed by atoms with E-state index >= 15 is 0 Å². The van der Waals surface area contributed by atoms with Gasteiger partial charge >= 0.3 is 11.6 Å². The van der Waals surface area contributed by atoms with E-state index in [-0.39, 0.29) is 23.7 Å². The molecule has 0 aliphatic rings. The van der Waals surface area contributed by atoms with Crippen molar-refractivity contribution >= 4 is 28.5 Å². The number of ether oxygens (including phenoxy) is 2. The van der Waals surface area contributed by atoms with E-state index in [2.05, 4.69) is 6.92 Å². The largest absolute Gasteiger partial charge is 0.459 e. The number of carbonyl (C=O) groups is 3. The van der Waals surface area contributed by atoms with Crippen LogP contribution in [0.4, 0.5) is 0 Å². The Morgan fingerprint density at radius 3 is 2.13 bits per heavy atom. The van der Waals surface area contributed by atoms with Gasteiger partial charge in [0.15, 0.2) is 5.78 Å². The van der Waals surface area contributed by atoms with Crippen molar-refractivity contribution < 1.29 is 28.3 Å². The minimum atomic E-state index is -0.862. The van der Waals surface area contributed by atoms with Crippen molar-refractivity contribution in [2.45, 2.75) is 39.5 Å². The van der Waals surface area contributed by atoms with Gasteiger partial charge in [0.2, 0.25) is 0 Å². The van der Waals surface area contributed by atoms with Crippen molar-refractivity contribution in [2.75, 3.05) is 6.61 Å². The highest BCUT2D eigenvalue weighted by molar-refractivity contribution is 6.40. The molecule has 200 valence electrons. The number of Topliss-reactive ketones (excluding diaryl/α,β-unsaturated/α-hetero) is 1. The van der Waals surface area contributed by atoms with Gasteiger partial charge in [0.05, 0.1) is 6.61 Å². The molecule has 1 aromatic heterocycles. The molecule has 0 radical (unpaired) electrons. The number of para-hydroxylation sites is 1. The Kier molecular flexibility index (Phi) is 9.05. The second kappa shape index (κ2) is 12.8. The summed E-state index contributed by atoms with van der Waals surface area (Å²) in [5.74, 6) is -0.865. The summed E-state index contributed by atoms with van der Waals surface area (Å²) in [6.07, 6.45) is 3.99. The lowest BCUT2D eigenvalue weighted by Gasteiger charge is -2.14. The summed E-state index contributed by atoms with van der Waals surface area (Å²) in [7, 11) is 0. The minimum Gasteiger partial charge on any atom is -0.459 e. The third kappa shape index (κ3) is 6.87. The molecule has 0 fully saturated rings. The zero-order valence-electron chi connectivity index (χ0n) is 22.0. The molecule has 39 heavy (non-hydrogen) atoms. The third-order valence-corrected chi connectivity index (χ3v) is 6.53. The monoisotopic (exact) mass is 526 g/mol. The van der Waals surface area contributed by atoms with Crippen LogP contribution in [0.3, 0.4) is 0 Å². The van der Waals surface area contributed by atoms with Gasteiger partial charge in [0, 0.05) is 16.5 Å². The Morgan fingerprint density at radius 1 is 0.846 bits per heavy atom. The van der Waals surface area contributed by atoms with E-state index in [1.807, 2.05) is 6.92 Å². The van der Waals surface area contributed by atoms with Crippen LogP contribution in [-0.2, 0) is 9.53 Å². The summed E-state index contributed by atoms with van der Waals surface area (Å²) >= 11 is 0. The van der Waals surface area contributed by atoms with Gasteiger partial charge in [0.25, 0.3) is 5.78 Å². The van der Waals surface area contributed by atoms with E-state index in [0.717, 1.165) is 25.7 Å². The van der Waals surface area contributed by atoms with E-state index in [0.29, 0.717) is 28.0 Å². The summed E-state index contributed by atoms with van der Waals surface area (Å²) < 4.78 is 16.3. The average Bonchev–Trinajstić information content (AvgIpc) is 2.97.